The van der Waals surface area contributed by atoms with Gasteiger partial charge in [-0.15, -0.1) is 16.8 Å². The van der Waals surface area contributed by atoms with E-state index in [4.69, 9.17) is 0 Å². The van der Waals surface area contributed by atoms with E-state index in [0.717, 1.165) is 35.7 Å². The van der Waals surface area contributed by atoms with E-state index in [2.05, 4.69) is 4.99 Å². The van der Waals surface area contributed by atoms with E-state index >= 15 is 0 Å². The van der Waals surface area contributed by atoms with Crippen molar-refractivity contribution in [1.82, 2.24) is 9.80 Å². The molecule has 0 aliphatic carbocycles. The van der Waals surface area contributed by atoms with Gasteiger partial charge in [0.1, 0.15) is 6.21 Å². The number of hydrogen-bond acceptors (Lipinski definition) is 5. The Kier molecular flexibility index (Phi) is 4.34. The number of nitrogens with zero attached hydrogens (tertiary/aromatic N) is 4. The van der Waals surface area contributed by atoms with Crippen molar-refractivity contribution in [2.75, 3.05) is 32.9 Å². The summed E-state index contributed by atoms with van der Waals surface area (Å²) in [7, 11) is 3.07. The second kappa shape index (κ2) is 6.27. The fraction of sp³-hybridized carbons (Fsp3) is 0.533. The molecule has 7 nitrogen and oxygen atoms in total. The Hall–Kier alpha value is -1.96. The van der Waals surface area contributed by atoms with Crippen LogP contribution in [0.15, 0.2) is 16.0 Å². The Labute approximate surface area is 138 Å². The molecule has 8 heteroatoms. The topological polar surface area (TPSA) is 73.1 Å². The first-order chi connectivity index (χ1) is 11.0. The molecule has 0 saturated carbocycles. The zero-order valence-corrected chi connectivity index (χ0v) is 14.0. The second-order valence-electron chi connectivity index (χ2n) is 5.75. The highest BCUT2D eigenvalue weighted by Gasteiger charge is 2.47. The molecule has 1 fully saturated rings. The fourth-order valence-electron chi connectivity index (χ4n) is 2.94. The number of imide groups is 1. The quantitative estimate of drug-likeness (QED) is 0.707. The van der Waals surface area contributed by atoms with Gasteiger partial charge in [-0.2, -0.15) is 9.48 Å². The number of thioether (sulfide) groups is 1. The highest BCUT2D eigenvalue weighted by molar-refractivity contribution is 8.03. The molecular weight excluding hydrogens is 316 g/mol. The maximum atomic E-state index is 12.5. The summed E-state index contributed by atoms with van der Waals surface area (Å²) in [5, 5.41) is 0. The van der Waals surface area contributed by atoms with Crippen molar-refractivity contribution in [3.8, 4) is 0 Å². The Balaban J connectivity index is 1.76. The van der Waals surface area contributed by atoms with Gasteiger partial charge in [-0.05, 0) is 18.9 Å². The van der Waals surface area contributed by atoms with Crippen LogP contribution in [0.4, 0.5) is 4.79 Å². The van der Waals surface area contributed by atoms with E-state index in [1.807, 2.05) is 4.90 Å². The summed E-state index contributed by atoms with van der Waals surface area (Å²) in [6.07, 6.45) is 5.45. The van der Waals surface area contributed by atoms with Crippen molar-refractivity contribution in [2.24, 2.45) is 10.9 Å². The predicted molar refractivity (Wildman–Crippen MR) is 87.7 cm³/mol. The lowest BCUT2D eigenvalue weighted by Gasteiger charge is -2.26. The highest BCUT2D eigenvalue weighted by atomic mass is 32.2. The molecule has 3 heterocycles. The molecule has 1 atom stereocenters. The van der Waals surface area contributed by atoms with Crippen molar-refractivity contribution in [3.05, 3.63) is 11.0 Å². The molecule has 4 amide bonds. The number of fused-ring (bicyclic) bond motifs is 1. The van der Waals surface area contributed by atoms with Crippen LogP contribution < -0.4 is 0 Å². The van der Waals surface area contributed by atoms with Crippen LogP contribution >= 0.6 is 11.8 Å². The van der Waals surface area contributed by atoms with Gasteiger partial charge in [-0.1, -0.05) is 0 Å². The number of amidine groups is 1. The van der Waals surface area contributed by atoms with Gasteiger partial charge in [0.15, 0.2) is 5.92 Å². The summed E-state index contributed by atoms with van der Waals surface area (Å²) in [6, 6.07) is -0.391. The number of carbonyl (C=O) groups is 3. The monoisotopic (exact) mass is 335 g/mol. The molecule has 23 heavy (non-hydrogen) atoms. The molecule has 0 radical (unpaired) electrons. The molecule has 0 aromatic heterocycles. The van der Waals surface area contributed by atoms with E-state index in [0.29, 0.717) is 11.6 Å². The first-order valence-corrected chi connectivity index (χ1v) is 8.56. The van der Waals surface area contributed by atoms with Crippen LogP contribution in [0.1, 0.15) is 12.8 Å². The summed E-state index contributed by atoms with van der Waals surface area (Å²) < 4.78 is 1.39. The van der Waals surface area contributed by atoms with Gasteiger partial charge >= 0.3 is 11.9 Å². The molecule has 1 saturated heterocycles. The van der Waals surface area contributed by atoms with Gasteiger partial charge in [0, 0.05) is 18.0 Å². The molecule has 122 valence electrons. The van der Waals surface area contributed by atoms with Crippen LogP contribution in [0.25, 0.3) is 0 Å². The SMILES string of the molecule is CN1C(=O)C2C(SCC(=O)N3CCCC3)=CC=NC2=[N+](C)C1=O. The number of likely N-dealkylation sites (tertiary alicyclic amines) is 1. The Bertz CT molecular complexity index is 662. The fourth-order valence-corrected chi connectivity index (χ4v) is 3.95. The second-order valence-corrected chi connectivity index (χ2v) is 6.80. The molecule has 0 N–H and O–H groups in total. The number of rotatable bonds is 3. The van der Waals surface area contributed by atoms with Crippen LogP contribution in [0.3, 0.4) is 0 Å². The van der Waals surface area contributed by atoms with E-state index in [1.165, 1.54) is 23.4 Å². The number of aliphatic imine (C=N–C) groups is 1. The largest absolute Gasteiger partial charge is 0.445 e. The number of hydrogen-bond donors (Lipinski definition) is 0. The lowest BCUT2D eigenvalue weighted by atomic mass is 10.0. The predicted octanol–water partition coefficient (Wildman–Crippen LogP) is 0.559. The number of amides is 4. The maximum Gasteiger partial charge on any atom is 0.445 e. The van der Waals surface area contributed by atoms with Crippen molar-refractivity contribution >= 4 is 41.7 Å². The van der Waals surface area contributed by atoms with Crippen LogP contribution in [0, 0.1) is 5.92 Å². The molecular formula is C15H19N4O3S+. The first-order valence-electron chi connectivity index (χ1n) is 7.57. The van der Waals surface area contributed by atoms with Gasteiger partial charge in [0.05, 0.1) is 19.8 Å². The molecule has 3 rings (SSSR count). The van der Waals surface area contributed by atoms with Gasteiger partial charge < -0.3 is 4.90 Å². The van der Waals surface area contributed by atoms with E-state index in [9.17, 15) is 14.4 Å². The Morgan fingerprint density at radius 2 is 2.09 bits per heavy atom. The Morgan fingerprint density at radius 3 is 2.78 bits per heavy atom. The third-order valence-electron chi connectivity index (χ3n) is 4.30. The van der Waals surface area contributed by atoms with Crippen LogP contribution in [-0.4, -0.2) is 77.2 Å². The molecule has 1 unspecified atom stereocenters. The van der Waals surface area contributed by atoms with E-state index < -0.39 is 11.9 Å². The van der Waals surface area contributed by atoms with Crippen LogP contribution in [0.5, 0.6) is 0 Å². The van der Waals surface area contributed by atoms with Crippen molar-refractivity contribution < 1.29 is 19.0 Å². The van der Waals surface area contributed by atoms with Crippen molar-refractivity contribution in [1.29, 1.82) is 0 Å². The van der Waals surface area contributed by atoms with E-state index in [-0.39, 0.29) is 11.8 Å². The van der Waals surface area contributed by atoms with Crippen molar-refractivity contribution in [2.45, 2.75) is 12.8 Å². The van der Waals surface area contributed by atoms with Crippen molar-refractivity contribution in [3.63, 3.8) is 0 Å². The molecule has 0 bridgehead atoms. The third kappa shape index (κ3) is 2.83. The number of dihydropyridines is 1. The van der Waals surface area contributed by atoms with Crippen LogP contribution in [-0.2, 0) is 9.59 Å². The van der Waals surface area contributed by atoms with Crippen LogP contribution in [0.2, 0.25) is 0 Å². The van der Waals surface area contributed by atoms with Gasteiger partial charge in [-0.3, -0.25) is 9.59 Å². The zero-order chi connectivity index (χ0) is 16.6. The van der Waals surface area contributed by atoms with Gasteiger partial charge in [-0.25, -0.2) is 4.79 Å². The van der Waals surface area contributed by atoms with E-state index in [1.54, 1.807) is 19.3 Å². The molecule has 0 aromatic rings. The smallest absolute Gasteiger partial charge is 0.342 e. The summed E-state index contributed by atoms with van der Waals surface area (Å²) in [4.78, 5) is 44.5. The average molecular weight is 335 g/mol. The molecule has 0 aromatic carbocycles. The molecule has 3 aliphatic rings. The van der Waals surface area contributed by atoms with Gasteiger partial charge in [0.2, 0.25) is 5.91 Å². The number of allylic oxidation sites excluding steroid dienone is 1. The first kappa shape index (κ1) is 15.9. The minimum Gasteiger partial charge on any atom is -0.342 e. The summed E-state index contributed by atoms with van der Waals surface area (Å²) >= 11 is 1.36. The highest BCUT2D eigenvalue weighted by Crippen LogP contribution is 2.31. The summed E-state index contributed by atoms with van der Waals surface area (Å²) in [5.41, 5.74) is 0. The standard InChI is InChI=1S/C15H19N4O3S/c1-17-13-12(14(21)18(2)15(17)22)10(5-6-16-13)23-9-11(20)19-7-3-4-8-19/h5-6,12H,3-4,7-9H2,1-2H3/q+1. The normalized spacial score (nSPS) is 24.3. The lowest BCUT2D eigenvalue weighted by molar-refractivity contribution is -0.407. The average Bonchev–Trinajstić information content (AvgIpc) is 3.10. The summed E-state index contributed by atoms with van der Waals surface area (Å²) in [5.74, 6) is -0.0652. The molecule has 3 aliphatic heterocycles. The number of carbonyl (C=O) groups excluding carboxylic acids is 3. The third-order valence-corrected chi connectivity index (χ3v) is 5.40. The zero-order valence-electron chi connectivity index (χ0n) is 13.2. The maximum absolute atomic E-state index is 12.5. The molecule has 0 spiro atoms. The number of urea groups is 1. The van der Waals surface area contributed by atoms with Gasteiger partial charge in [0.25, 0.3) is 5.84 Å². The summed E-state index contributed by atoms with van der Waals surface area (Å²) in [6.45, 7) is 1.64. The minimum absolute atomic E-state index is 0.0958. The Morgan fingerprint density at radius 1 is 1.39 bits per heavy atom. The lowest BCUT2D eigenvalue weighted by Crippen LogP contribution is -2.52. The minimum atomic E-state index is -0.593.